The molecule has 0 bridgehead atoms. The molecular formula is C17H24N2O5S. The zero-order valence-electron chi connectivity index (χ0n) is 14.2. The van der Waals surface area contributed by atoms with Gasteiger partial charge in [-0.15, -0.1) is 0 Å². The number of nitrogens with zero attached hydrogens (tertiary/aromatic N) is 1. The Bertz CT molecular complexity index is 705. The average Bonchev–Trinajstić information content (AvgIpc) is 3.02. The zero-order chi connectivity index (χ0) is 18.4. The number of sulfone groups is 1. The van der Waals surface area contributed by atoms with Crippen LogP contribution in [0.25, 0.3) is 0 Å². The molecule has 0 saturated carbocycles. The van der Waals surface area contributed by atoms with E-state index in [-0.39, 0.29) is 12.3 Å². The van der Waals surface area contributed by atoms with Crippen LogP contribution in [0.1, 0.15) is 24.8 Å². The van der Waals surface area contributed by atoms with Crippen LogP contribution in [0.2, 0.25) is 0 Å². The maximum absolute atomic E-state index is 12.2. The van der Waals surface area contributed by atoms with Gasteiger partial charge in [0.25, 0.3) is 0 Å². The number of benzene rings is 1. The van der Waals surface area contributed by atoms with Gasteiger partial charge in [-0.2, -0.15) is 0 Å². The van der Waals surface area contributed by atoms with Crippen molar-refractivity contribution in [3.8, 4) is 0 Å². The minimum atomic E-state index is -3.55. The molecule has 0 aromatic heterocycles. The Morgan fingerprint density at radius 2 is 2.00 bits per heavy atom. The lowest BCUT2D eigenvalue weighted by Gasteiger charge is -2.28. The van der Waals surface area contributed by atoms with Gasteiger partial charge < -0.3 is 15.3 Å². The predicted molar refractivity (Wildman–Crippen MR) is 94.2 cm³/mol. The maximum Gasteiger partial charge on any atom is 0.407 e. The van der Waals surface area contributed by atoms with Gasteiger partial charge in [0.2, 0.25) is 5.91 Å². The van der Waals surface area contributed by atoms with Crippen molar-refractivity contribution in [2.24, 2.45) is 0 Å². The van der Waals surface area contributed by atoms with E-state index >= 15 is 0 Å². The summed E-state index contributed by atoms with van der Waals surface area (Å²) in [5.41, 5.74) is 1.08. The molecule has 1 aliphatic heterocycles. The molecule has 1 aliphatic rings. The third-order valence-corrected chi connectivity index (χ3v) is 6.07. The Labute approximate surface area is 147 Å². The Hall–Kier alpha value is -2.09. The van der Waals surface area contributed by atoms with Gasteiger partial charge >= 0.3 is 6.09 Å². The van der Waals surface area contributed by atoms with Crippen molar-refractivity contribution in [2.45, 2.75) is 37.0 Å². The summed E-state index contributed by atoms with van der Waals surface area (Å²) >= 11 is 0. The first kappa shape index (κ1) is 19.2. The fraction of sp³-hybridized carbons (Fsp3) is 0.529. The van der Waals surface area contributed by atoms with E-state index in [1.165, 1.54) is 0 Å². The largest absolute Gasteiger partial charge is 0.465 e. The number of hydrogen-bond donors (Lipinski definition) is 2. The van der Waals surface area contributed by atoms with E-state index in [4.69, 9.17) is 0 Å². The molecule has 2 amide bonds. The van der Waals surface area contributed by atoms with E-state index in [0.29, 0.717) is 32.4 Å². The smallest absolute Gasteiger partial charge is 0.407 e. The number of amides is 2. The number of carbonyl (C=O) groups is 2. The topological polar surface area (TPSA) is 104 Å². The molecule has 1 heterocycles. The molecule has 2 N–H and O–H groups in total. The first-order valence-corrected chi connectivity index (χ1v) is 10.2. The second kappa shape index (κ2) is 8.33. The van der Waals surface area contributed by atoms with Crippen LogP contribution in [-0.4, -0.2) is 61.1 Å². The fourth-order valence-corrected chi connectivity index (χ4v) is 4.54. The Morgan fingerprint density at radius 1 is 1.32 bits per heavy atom. The molecule has 2 atom stereocenters. The summed E-state index contributed by atoms with van der Waals surface area (Å²) in [4.78, 5) is 24.6. The van der Waals surface area contributed by atoms with Crippen molar-refractivity contribution in [3.63, 3.8) is 0 Å². The first-order chi connectivity index (χ1) is 11.8. The summed E-state index contributed by atoms with van der Waals surface area (Å²) < 4.78 is 24.2. The molecule has 1 fully saturated rings. The number of likely N-dealkylation sites (tertiary alicyclic amines) is 1. The van der Waals surface area contributed by atoms with Gasteiger partial charge in [0, 0.05) is 25.8 Å². The molecule has 138 valence electrons. The molecule has 7 nitrogen and oxygen atoms in total. The summed E-state index contributed by atoms with van der Waals surface area (Å²) in [6, 6.07) is 8.99. The lowest BCUT2D eigenvalue weighted by atomic mass is 10.1. The van der Waals surface area contributed by atoms with Gasteiger partial charge in [0.15, 0.2) is 9.84 Å². The second-order valence-electron chi connectivity index (χ2n) is 6.34. The standard InChI is InChI=1S/C17H24N2O5S/c1-25(23,24)15(14-8-5-11-19(14)17(21)22)12-16(20)18-10-9-13-6-3-2-4-7-13/h2-4,6-7,14-15H,5,8-12H2,1H3,(H,18,20)(H,21,22). The lowest BCUT2D eigenvalue weighted by Crippen LogP contribution is -2.47. The van der Waals surface area contributed by atoms with Crippen LogP contribution in [0.4, 0.5) is 4.79 Å². The van der Waals surface area contributed by atoms with Crippen LogP contribution in [0.3, 0.4) is 0 Å². The second-order valence-corrected chi connectivity index (χ2v) is 8.61. The van der Waals surface area contributed by atoms with Gasteiger partial charge in [0.1, 0.15) is 0 Å². The normalized spacial score (nSPS) is 18.8. The molecule has 25 heavy (non-hydrogen) atoms. The van der Waals surface area contributed by atoms with Crippen LogP contribution in [-0.2, 0) is 21.1 Å². The molecule has 2 unspecified atom stereocenters. The van der Waals surface area contributed by atoms with Crippen molar-refractivity contribution in [3.05, 3.63) is 35.9 Å². The summed E-state index contributed by atoms with van der Waals surface area (Å²) in [6.07, 6.45) is 1.43. The molecule has 0 spiro atoms. The van der Waals surface area contributed by atoms with Crippen molar-refractivity contribution in [2.75, 3.05) is 19.3 Å². The van der Waals surface area contributed by atoms with Crippen LogP contribution in [0, 0.1) is 0 Å². The average molecular weight is 368 g/mol. The van der Waals surface area contributed by atoms with E-state index < -0.39 is 27.2 Å². The zero-order valence-corrected chi connectivity index (χ0v) is 15.0. The minimum absolute atomic E-state index is 0.220. The Kier molecular flexibility index (Phi) is 6.41. The third kappa shape index (κ3) is 5.45. The summed E-state index contributed by atoms with van der Waals surface area (Å²) in [5, 5.41) is 11.0. The van der Waals surface area contributed by atoms with Crippen LogP contribution in [0.5, 0.6) is 0 Å². The highest BCUT2D eigenvalue weighted by atomic mass is 32.2. The van der Waals surface area contributed by atoms with Crippen LogP contribution < -0.4 is 5.32 Å². The van der Waals surface area contributed by atoms with Gasteiger partial charge in [-0.05, 0) is 24.8 Å². The fourth-order valence-electron chi connectivity index (χ4n) is 3.24. The highest BCUT2D eigenvalue weighted by molar-refractivity contribution is 7.91. The van der Waals surface area contributed by atoms with E-state index in [0.717, 1.165) is 16.7 Å². The van der Waals surface area contributed by atoms with E-state index in [1.807, 2.05) is 30.3 Å². The number of hydrogen-bond acceptors (Lipinski definition) is 4. The van der Waals surface area contributed by atoms with Crippen LogP contribution >= 0.6 is 0 Å². The van der Waals surface area contributed by atoms with Crippen molar-refractivity contribution in [1.29, 1.82) is 0 Å². The number of carboxylic acid groups (broad SMARTS) is 1. The molecule has 1 aromatic rings. The number of rotatable bonds is 7. The molecule has 2 rings (SSSR count). The van der Waals surface area contributed by atoms with Crippen molar-refractivity contribution < 1.29 is 23.1 Å². The number of nitrogens with one attached hydrogen (secondary N) is 1. The molecule has 1 saturated heterocycles. The highest BCUT2D eigenvalue weighted by Crippen LogP contribution is 2.26. The minimum Gasteiger partial charge on any atom is -0.465 e. The summed E-state index contributed by atoms with van der Waals surface area (Å²) in [5.74, 6) is -0.372. The quantitative estimate of drug-likeness (QED) is 0.755. The monoisotopic (exact) mass is 368 g/mol. The van der Waals surface area contributed by atoms with Gasteiger partial charge in [-0.25, -0.2) is 13.2 Å². The summed E-state index contributed by atoms with van der Waals surface area (Å²) in [6.45, 7) is 0.717. The maximum atomic E-state index is 12.2. The molecule has 8 heteroatoms. The lowest BCUT2D eigenvalue weighted by molar-refractivity contribution is -0.121. The molecular weight excluding hydrogens is 344 g/mol. The van der Waals surface area contributed by atoms with Crippen molar-refractivity contribution in [1.82, 2.24) is 10.2 Å². The van der Waals surface area contributed by atoms with E-state index in [2.05, 4.69) is 5.32 Å². The third-order valence-electron chi connectivity index (χ3n) is 4.49. The molecule has 0 aliphatic carbocycles. The predicted octanol–water partition coefficient (Wildman–Crippen LogP) is 1.29. The van der Waals surface area contributed by atoms with Gasteiger partial charge in [-0.3, -0.25) is 4.79 Å². The Morgan fingerprint density at radius 3 is 2.60 bits per heavy atom. The van der Waals surface area contributed by atoms with Crippen molar-refractivity contribution >= 4 is 21.8 Å². The first-order valence-electron chi connectivity index (χ1n) is 8.28. The van der Waals surface area contributed by atoms with Gasteiger partial charge in [0.05, 0.1) is 11.3 Å². The molecule has 1 aromatic carbocycles. The van der Waals surface area contributed by atoms with Gasteiger partial charge in [-0.1, -0.05) is 30.3 Å². The highest BCUT2D eigenvalue weighted by Gasteiger charge is 2.40. The SMILES string of the molecule is CS(=O)(=O)C(CC(=O)NCCc1ccccc1)C1CCCN1C(=O)O. The Balaban J connectivity index is 1.95. The summed E-state index contributed by atoms with van der Waals surface area (Å²) in [7, 11) is -3.55. The van der Waals surface area contributed by atoms with E-state index in [9.17, 15) is 23.1 Å². The number of carbonyl (C=O) groups excluding carboxylic acids is 1. The van der Waals surface area contributed by atoms with Crippen LogP contribution in [0.15, 0.2) is 30.3 Å². The molecule has 0 radical (unpaired) electrons. The van der Waals surface area contributed by atoms with E-state index in [1.54, 1.807) is 0 Å².